The van der Waals surface area contributed by atoms with Crippen molar-refractivity contribution in [3.63, 3.8) is 0 Å². The molecule has 0 radical (unpaired) electrons. The van der Waals surface area contributed by atoms with Crippen molar-refractivity contribution in [3.05, 3.63) is 52.4 Å². The molecule has 2 rings (SSSR count). The van der Waals surface area contributed by atoms with Gasteiger partial charge < -0.3 is 0 Å². The van der Waals surface area contributed by atoms with Gasteiger partial charge in [0.2, 0.25) is 0 Å². The zero-order valence-electron chi connectivity index (χ0n) is 11.1. The molecule has 1 aromatic rings. The molecule has 0 aliphatic heterocycles. The molecule has 1 aliphatic carbocycles. The molecule has 0 atom stereocenters. The van der Waals surface area contributed by atoms with Gasteiger partial charge in [-0.2, -0.15) is 0 Å². The molecule has 4 heteroatoms. The van der Waals surface area contributed by atoms with Gasteiger partial charge >= 0.3 is 103 Å². The third-order valence-corrected chi connectivity index (χ3v) is 21.3. The van der Waals surface area contributed by atoms with E-state index in [0.29, 0.717) is 0 Å². The van der Waals surface area contributed by atoms with Crippen molar-refractivity contribution in [1.82, 2.24) is 0 Å². The standard InChI is InChI=1S/C7H8Si.C5H5.2CH3.2BrH.Ti/c1-8-7-5-3-2-4-6-7;1-2-4-5-3-1;;;;;/h2-6H,1H3;1-3H,4H2;2*1H3;2*1H;. The van der Waals surface area contributed by atoms with E-state index in [1.54, 1.807) is 9.06 Å². The Bertz CT molecular complexity index is 498. The molecule has 0 unspecified atom stereocenters. The summed E-state index contributed by atoms with van der Waals surface area (Å²) < 4.78 is 1.78. The van der Waals surface area contributed by atoms with Crippen molar-refractivity contribution in [2.75, 3.05) is 0 Å². The van der Waals surface area contributed by atoms with Gasteiger partial charge in [-0.1, -0.05) is 0 Å². The van der Waals surface area contributed by atoms with Gasteiger partial charge in [-0.05, 0) is 0 Å². The number of allylic oxidation sites excluding steroid dienone is 4. The SMILES string of the molecule is Br.Br.C[Si](c1ccccc1)=[Ti]([CH3])([CH3])[C]1=CC=CC1. The van der Waals surface area contributed by atoms with Crippen LogP contribution in [0.1, 0.15) is 6.42 Å². The number of halogens is 2. The molecule has 0 nitrogen and oxygen atoms in total. The third kappa shape index (κ3) is 4.04. The van der Waals surface area contributed by atoms with E-state index in [1.807, 2.05) is 0 Å². The Hall–Kier alpha value is 0.591. The van der Waals surface area contributed by atoms with Gasteiger partial charge in [-0.15, -0.1) is 34.0 Å². The summed E-state index contributed by atoms with van der Waals surface area (Å²) in [7, 11) is 0. The molecule has 0 spiro atoms. The molecule has 1 aliphatic rings. The third-order valence-electron chi connectivity index (χ3n) is 3.72. The van der Waals surface area contributed by atoms with Crippen molar-refractivity contribution < 1.29 is 15.3 Å². The van der Waals surface area contributed by atoms with Crippen LogP contribution in [0.15, 0.2) is 52.4 Å². The first-order chi connectivity index (χ1) is 7.62. The van der Waals surface area contributed by atoms with Crippen LogP contribution < -0.4 is 5.19 Å². The number of benzene rings is 1. The quantitative estimate of drug-likeness (QED) is 0.600. The van der Waals surface area contributed by atoms with Crippen LogP contribution in [0.25, 0.3) is 0 Å². The summed E-state index contributed by atoms with van der Waals surface area (Å²) in [4.78, 5) is 0. The van der Waals surface area contributed by atoms with E-state index in [9.17, 15) is 0 Å². The van der Waals surface area contributed by atoms with Crippen LogP contribution in [0.4, 0.5) is 0 Å². The average Bonchev–Trinajstić information content (AvgIpc) is 2.83. The van der Waals surface area contributed by atoms with E-state index in [4.69, 9.17) is 0 Å². The summed E-state index contributed by atoms with van der Waals surface area (Å²) in [5.41, 5.74) is 0. The van der Waals surface area contributed by atoms with Crippen LogP contribution in [0, 0.1) is 0 Å². The normalized spacial score (nSPS) is 13.4. The van der Waals surface area contributed by atoms with Crippen LogP contribution in [0.5, 0.6) is 0 Å². The van der Waals surface area contributed by atoms with Gasteiger partial charge in [-0.3, -0.25) is 0 Å². The molecule has 0 aromatic heterocycles. The van der Waals surface area contributed by atoms with Crippen molar-refractivity contribution in [2.45, 2.75) is 23.4 Å². The zero-order chi connectivity index (χ0) is 11.6. The average molecular weight is 425 g/mol. The topological polar surface area (TPSA) is 0 Å². The fourth-order valence-electron chi connectivity index (χ4n) is 2.20. The molecule has 0 heterocycles. The number of hydrogen-bond donors (Lipinski definition) is 0. The van der Waals surface area contributed by atoms with Gasteiger partial charge in [0.15, 0.2) is 0 Å². The Labute approximate surface area is 135 Å². The zero-order valence-corrected chi connectivity index (χ0v) is 17.1. The second-order valence-corrected chi connectivity index (χ2v) is 21.5. The molecule has 0 N–H and O–H groups in total. The molecule has 0 saturated heterocycles. The summed E-state index contributed by atoms with van der Waals surface area (Å²) in [6, 6.07) is 11.1. The fourth-order valence-corrected chi connectivity index (χ4v) is 13.1. The first kappa shape index (κ1) is 18.6. The van der Waals surface area contributed by atoms with E-state index in [-0.39, 0.29) is 40.1 Å². The fraction of sp³-hybridized carbons (Fsp3) is 0.286. The monoisotopic (exact) mass is 423 g/mol. The summed E-state index contributed by atoms with van der Waals surface area (Å²) in [6.07, 6.45) is 7.81. The molecular weight excluding hydrogens is 404 g/mol. The Morgan fingerprint density at radius 2 is 1.67 bits per heavy atom. The van der Waals surface area contributed by atoms with Crippen LogP contribution in [-0.2, 0) is 15.3 Å². The molecule has 99 valence electrons. The van der Waals surface area contributed by atoms with E-state index < -0.39 is 15.3 Å². The number of hydrogen-bond acceptors (Lipinski definition) is 0. The van der Waals surface area contributed by atoms with Crippen LogP contribution in [0.2, 0.25) is 17.0 Å². The minimum absolute atomic E-state index is 0. The summed E-state index contributed by atoms with van der Waals surface area (Å²) in [5.74, 6) is 0. The molecule has 0 fully saturated rings. The predicted octanol–water partition coefficient (Wildman–Crippen LogP) is 4.76. The van der Waals surface area contributed by atoms with E-state index >= 15 is 0 Å². The van der Waals surface area contributed by atoms with E-state index in [2.05, 4.69) is 65.6 Å². The van der Waals surface area contributed by atoms with Gasteiger partial charge in [0.05, 0.1) is 0 Å². The van der Waals surface area contributed by atoms with Crippen molar-refractivity contribution in [2.24, 2.45) is 0 Å². The van der Waals surface area contributed by atoms with Crippen LogP contribution >= 0.6 is 34.0 Å². The summed E-state index contributed by atoms with van der Waals surface area (Å²) in [5, 5.41) is 6.78. The molecule has 0 bridgehead atoms. The first-order valence-corrected chi connectivity index (χ1v) is 14.1. The molecule has 0 amide bonds. The number of rotatable bonds is 2. The van der Waals surface area contributed by atoms with Crippen molar-refractivity contribution in [3.8, 4) is 0 Å². The maximum atomic E-state index is 2.58. The second-order valence-electron chi connectivity index (χ2n) is 4.94. The second kappa shape index (κ2) is 8.01. The van der Waals surface area contributed by atoms with E-state index in [0.717, 1.165) is 0 Å². The molecule has 0 saturated carbocycles. The van der Waals surface area contributed by atoms with E-state index in [1.165, 1.54) is 6.42 Å². The molecule has 1 aromatic carbocycles. The Kier molecular flexibility index (Phi) is 8.27. The maximum absolute atomic E-state index is 2.58. The Balaban J connectivity index is 0.00000144. The predicted molar refractivity (Wildman–Crippen MR) is 91.9 cm³/mol. The van der Waals surface area contributed by atoms with Crippen molar-refractivity contribution >= 4 is 45.3 Å². The Morgan fingerprint density at radius 1 is 1.06 bits per heavy atom. The summed E-state index contributed by atoms with van der Waals surface area (Å²) in [6.45, 7) is 2.51. The van der Waals surface area contributed by atoms with Gasteiger partial charge in [0.1, 0.15) is 0 Å². The van der Waals surface area contributed by atoms with Crippen LogP contribution in [-0.4, -0.2) is 6.19 Å². The minimum atomic E-state index is -1.76. The van der Waals surface area contributed by atoms with Gasteiger partial charge in [-0.25, -0.2) is 0 Å². The summed E-state index contributed by atoms with van der Waals surface area (Å²) >= 11 is -1.76. The molecule has 18 heavy (non-hydrogen) atoms. The van der Waals surface area contributed by atoms with Crippen molar-refractivity contribution in [1.29, 1.82) is 0 Å². The van der Waals surface area contributed by atoms with Gasteiger partial charge in [0.25, 0.3) is 0 Å². The first-order valence-electron chi connectivity index (χ1n) is 5.88. The Morgan fingerprint density at radius 3 is 2.17 bits per heavy atom. The van der Waals surface area contributed by atoms with Gasteiger partial charge in [0, 0.05) is 0 Å². The molecular formula is C14H21Br2SiTi. The van der Waals surface area contributed by atoms with Crippen LogP contribution in [0.3, 0.4) is 0 Å².